The highest BCUT2D eigenvalue weighted by Crippen LogP contribution is 2.11. The monoisotopic (exact) mass is 152 g/mol. The van der Waals surface area contributed by atoms with Gasteiger partial charge in [-0.3, -0.25) is 0 Å². The number of benzene rings is 1. The molecular weight excluding hydrogens is 138 g/mol. The predicted octanol–water partition coefficient (Wildman–Crippen LogP) is 0.565. The maximum absolute atomic E-state index is 9.11. The lowest BCUT2D eigenvalue weighted by molar-refractivity contribution is -0.413. The summed E-state index contributed by atoms with van der Waals surface area (Å²) in [5, 5.41) is 9.11. The molecule has 0 aromatic heterocycles. The Kier molecular flexibility index (Phi) is 2.49. The Labute approximate surface area is 66.7 Å². The van der Waals surface area contributed by atoms with Gasteiger partial charge in [0.25, 0.3) is 0 Å². The second-order valence-corrected chi connectivity index (χ2v) is 2.98. The molecule has 4 N–H and O–H groups in total. The molecule has 1 aromatic carbocycles. The van der Waals surface area contributed by atoms with Crippen LogP contribution in [0.2, 0.25) is 0 Å². The number of phenolic OH excluding ortho intramolecular Hbond substituents is 1. The second kappa shape index (κ2) is 3.39. The summed E-state index contributed by atoms with van der Waals surface area (Å²) in [7, 11) is 0. The number of rotatable bonds is 2. The van der Waals surface area contributed by atoms with E-state index in [1.165, 1.54) is 0 Å². The van der Waals surface area contributed by atoms with E-state index in [0.29, 0.717) is 11.8 Å². The average molecular weight is 152 g/mol. The highest BCUT2D eigenvalue weighted by atomic mass is 16.3. The van der Waals surface area contributed by atoms with Crippen molar-refractivity contribution in [3.8, 4) is 5.75 Å². The van der Waals surface area contributed by atoms with Crippen LogP contribution in [0.4, 0.5) is 0 Å². The standard InChI is InChI=1S/C9H13NO/c1-7(10)5-8-3-2-4-9(11)6-8/h2-4,6-7,11H,5,10H2,1H3/p+1/t7-/m0/s1. The van der Waals surface area contributed by atoms with Crippen LogP contribution in [0.25, 0.3) is 0 Å². The van der Waals surface area contributed by atoms with Gasteiger partial charge in [0.15, 0.2) is 0 Å². The lowest BCUT2D eigenvalue weighted by Crippen LogP contribution is -2.60. The molecule has 0 aliphatic rings. The summed E-state index contributed by atoms with van der Waals surface area (Å²) in [4.78, 5) is 0. The van der Waals surface area contributed by atoms with Crippen LogP contribution in [-0.2, 0) is 6.42 Å². The van der Waals surface area contributed by atoms with Crippen molar-refractivity contribution in [1.82, 2.24) is 0 Å². The maximum atomic E-state index is 9.11. The summed E-state index contributed by atoms with van der Waals surface area (Å²) < 4.78 is 0. The smallest absolute Gasteiger partial charge is 0.115 e. The van der Waals surface area contributed by atoms with Gasteiger partial charge in [0.05, 0.1) is 6.04 Å². The number of hydrogen-bond acceptors (Lipinski definition) is 1. The molecule has 11 heavy (non-hydrogen) atoms. The van der Waals surface area contributed by atoms with Crippen molar-refractivity contribution in [2.24, 2.45) is 0 Å². The molecule has 0 saturated carbocycles. The molecule has 0 saturated heterocycles. The molecule has 0 bridgehead atoms. The Morgan fingerprint density at radius 2 is 2.27 bits per heavy atom. The van der Waals surface area contributed by atoms with Gasteiger partial charge in [-0.05, 0) is 24.6 Å². The van der Waals surface area contributed by atoms with E-state index in [1.807, 2.05) is 12.1 Å². The van der Waals surface area contributed by atoms with E-state index in [1.54, 1.807) is 12.1 Å². The van der Waals surface area contributed by atoms with Gasteiger partial charge in [0.2, 0.25) is 0 Å². The normalized spacial score (nSPS) is 12.9. The van der Waals surface area contributed by atoms with Crippen LogP contribution in [0.3, 0.4) is 0 Å². The summed E-state index contributed by atoms with van der Waals surface area (Å²) in [6, 6.07) is 7.71. The largest absolute Gasteiger partial charge is 0.508 e. The van der Waals surface area contributed by atoms with Crippen molar-refractivity contribution in [3.63, 3.8) is 0 Å². The zero-order chi connectivity index (χ0) is 8.27. The third-order valence-corrected chi connectivity index (χ3v) is 1.49. The van der Waals surface area contributed by atoms with Crippen LogP contribution in [0.15, 0.2) is 24.3 Å². The number of hydrogen-bond donors (Lipinski definition) is 2. The minimum atomic E-state index is 0.336. The minimum Gasteiger partial charge on any atom is -0.508 e. The van der Waals surface area contributed by atoms with E-state index in [2.05, 4.69) is 12.7 Å². The Balaban J connectivity index is 2.71. The Morgan fingerprint density at radius 1 is 1.55 bits per heavy atom. The summed E-state index contributed by atoms with van der Waals surface area (Å²) in [5.74, 6) is 0.336. The topological polar surface area (TPSA) is 47.9 Å². The van der Waals surface area contributed by atoms with Gasteiger partial charge in [-0.1, -0.05) is 12.1 Å². The van der Waals surface area contributed by atoms with Crippen LogP contribution in [0, 0.1) is 0 Å². The van der Waals surface area contributed by atoms with Crippen molar-refractivity contribution in [1.29, 1.82) is 0 Å². The van der Waals surface area contributed by atoms with E-state index in [9.17, 15) is 0 Å². The van der Waals surface area contributed by atoms with Crippen LogP contribution in [0.1, 0.15) is 12.5 Å². The van der Waals surface area contributed by atoms with E-state index >= 15 is 0 Å². The summed E-state index contributed by atoms with van der Waals surface area (Å²) in [5.41, 5.74) is 5.03. The zero-order valence-electron chi connectivity index (χ0n) is 6.75. The summed E-state index contributed by atoms with van der Waals surface area (Å²) in [6.07, 6.45) is 0.925. The fourth-order valence-corrected chi connectivity index (χ4v) is 1.09. The predicted molar refractivity (Wildman–Crippen MR) is 44.2 cm³/mol. The molecule has 0 spiro atoms. The first-order chi connectivity index (χ1) is 5.18. The van der Waals surface area contributed by atoms with Gasteiger partial charge in [0, 0.05) is 6.42 Å². The fourth-order valence-electron chi connectivity index (χ4n) is 1.09. The van der Waals surface area contributed by atoms with Crippen molar-refractivity contribution in [3.05, 3.63) is 29.8 Å². The SMILES string of the molecule is C[C@H]([NH3+])Cc1cccc(O)c1. The van der Waals surface area contributed by atoms with E-state index in [-0.39, 0.29) is 0 Å². The minimum absolute atomic E-state index is 0.336. The van der Waals surface area contributed by atoms with Gasteiger partial charge in [0.1, 0.15) is 5.75 Å². The van der Waals surface area contributed by atoms with E-state index in [0.717, 1.165) is 12.0 Å². The van der Waals surface area contributed by atoms with Crippen LogP contribution in [0.5, 0.6) is 5.75 Å². The van der Waals surface area contributed by atoms with Crippen molar-refractivity contribution >= 4 is 0 Å². The quantitative estimate of drug-likeness (QED) is 0.639. The Hall–Kier alpha value is -1.02. The van der Waals surface area contributed by atoms with Crippen LogP contribution >= 0.6 is 0 Å². The van der Waals surface area contributed by atoms with Crippen LogP contribution < -0.4 is 5.73 Å². The molecule has 0 amide bonds. The summed E-state index contributed by atoms with van der Waals surface area (Å²) >= 11 is 0. The number of aromatic hydroxyl groups is 1. The van der Waals surface area contributed by atoms with Gasteiger partial charge >= 0.3 is 0 Å². The zero-order valence-corrected chi connectivity index (χ0v) is 6.75. The van der Waals surface area contributed by atoms with E-state index < -0.39 is 0 Å². The Morgan fingerprint density at radius 3 is 2.82 bits per heavy atom. The van der Waals surface area contributed by atoms with Gasteiger partial charge < -0.3 is 10.8 Å². The molecule has 2 heteroatoms. The molecule has 1 aromatic rings. The van der Waals surface area contributed by atoms with Crippen molar-refractivity contribution < 1.29 is 10.8 Å². The van der Waals surface area contributed by atoms with Crippen LogP contribution in [-0.4, -0.2) is 11.1 Å². The number of quaternary nitrogens is 1. The first-order valence-corrected chi connectivity index (χ1v) is 3.79. The molecule has 0 heterocycles. The molecule has 1 rings (SSSR count). The van der Waals surface area contributed by atoms with Gasteiger partial charge in [-0.25, -0.2) is 0 Å². The molecule has 0 aliphatic carbocycles. The average Bonchev–Trinajstić information content (AvgIpc) is 1.85. The summed E-state index contributed by atoms with van der Waals surface area (Å²) in [6.45, 7) is 2.06. The second-order valence-electron chi connectivity index (χ2n) is 2.98. The van der Waals surface area contributed by atoms with Crippen molar-refractivity contribution in [2.75, 3.05) is 0 Å². The molecule has 0 radical (unpaired) electrons. The first kappa shape index (κ1) is 8.08. The third kappa shape index (κ3) is 2.60. The van der Waals surface area contributed by atoms with Gasteiger partial charge in [-0.2, -0.15) is 0 Å². The lowest BCUT2D eigenvalue weighted by Gasteiger charge is -2.01. The maximum Gasteiger partial charge on any atom is 0.115 e. The molecule has 0 fully saturated rings. The fraction of sp³-hybridized carbons (Fsp3) is 0.333. The molecular formula is C9H14NO+. The van der Waals surface area contributed by atoms with Crippen molar-refractivity contribution in [2.45, 2.75) is 19.4 Å². The molecule has 2 nitrogen and oxygen atoms in total. The lowest BCUT2D eigenvalue weighted by atomic mass is 10.1. The molecule has 0 unspecified atom stereocenters. The third-order valence-electron chi connectivity index (χ3n) is 1.49. The van der Waals surface area contributed by atoms with Gasteiger partial charge in [-0.15, -0.1) is 0 Å². The number of phenols is 1. The first-order valence-electron chi connectivity index (χ1n) is 3.79. The molecule has 60 valence electrons. The van der Waals surface area contributed by atoms with E-state index in [4.69, 9.17) is 5.11 Å². The molecule has 1 atom stereocenters. The highest BCUT2D eigenvalue weighted by molar-refractivity contribution is 5.27. The molecule has 0 aliphatic heterocycles. The highest BCUT2D eigenvalue weighted by Gasteiger charge is 1.99. The Bertz CT molecular complexity index is 233.